The first-order chi connectivity index (χ1) is 11.3. The van der Waals surface area contributed by atoms with Gasteiger partial charge in [0.1, 0.15) is 10.7 Å². The van der Waals surface area contributed by atoms with Crippen LogP contribution >= 0.6 is 11.3 Å². The van der Waals surface area contributed by atoms with Crippen LogP contribution in [0.5, 0.6) is 0 Å². The van der Waals surface area contributed by atoms with Crippen LogP contribution in [0, 0.1) is 0 Å². The normalized spacial score (nSPS) is 10.3. The third kappa shape index (κ3) is 3.38. The summed E-state index contributed by atoms with van der Waals surface area (Å²) in [4.78, 5) is 19.0. The van der Waals surface area contributed by atoms with Crippen LogP contribution in [0.4, 0.5) is 5.69 Å². The number of thiazole rings is 1. The third-order valence-electron chi connectivity index (χ3n) is 3.37. The average molecular weight is 320 g/mol. The van der Waals surface area contributed by atoms with E-state index in [1.807, 2.05) is 66.0 Å². The Morgan fingerprint density at radius 1 is 1.09 bits per heavy atom. The molecule has 1 aromatic heterocycles. The van der Waals surface area contributed by atoms with E-state index in [-0.39, 0.29) is 5.91 Å². The number of anilines is 1. The van der Waals surface area contributed by atoms with Crippen molar-refractivity contribution in [2.75, 3.05) is 11.4 Å². The van der Waals surface area contributed by atoms with E-state index in [9.17, 15) is 4.79 Å². The van der Waals surface area contributed by atoms with Gasteiger partial charge in [-0.3, -0.25) is 4.79 Å². The smallest absolute Gasteiger partial charge is 0.278 e. The zero-order valence-electron chi connectivity index (χ0n) is 12.6. The summed E-state index contributed by atoms with van der Waals surface area (Å²) in [6.07, 6.45) is 1.72. The molecule has 0 spiro atoms. The number of para-hydroxylation sites is 1. The molecule has 0 fully saturated rings. The summed E-state index contributed by atoms with van der Waals surface area (Å²) in [5.74, 6) is -0.116. The standard InChI is InChI=1S/C19H16N2OS/c1-2-13-21(16-11-7-4-8-12-16)19(22)17-14-23-18(20-17)15-9-5-3-6-10-15/h2-12,14H,1,13H2. The van der Waals surface area contributed by atoms with Crippen LogP contribution in [0.2, 0.25) is 0 Å². The van der Waals surface area contributed by atoms with Crippen molar-refractivity contribution in [2.45, 2.75) is 0 Å². The molecular weight excluding hydrogens is 304 g/mol. The molecular formula is C19H16N2OS. The lowest BCUT2D eigenvalue weighted by Crippen LogP contribution is -2.31. The van der Waals surface area contributed by atoms with Gasteiger partial charge < -0.3 is 4.90 Å². The van der Waals surface area contributed by atoms with Gasteiger partial charge in [-0.2, -0.15) is 0 Å². The Balaban J connectivity index is 1.89. The fourth-order valence-corrected chi connectivity index (χ4v) is 3.07. The fraction of sp³-hybridized carbons (Fsp3) is 0.0526. The highest BCUT2D eigenvalue weighted by Gasteiger charge is 2.19. The van der Waals surface area contributed by atoms with Gasteiger partial charge in [0.2, 0.25) is 0 Å². The van der Waals surface area contributed by atoms with Gasteiger partial charge in [-0.05, 0) is 12.1 Å². The minimum Gasteiger partial charge on any atom is -0.303 e. The summed E-state index contributed by atoms with van der Waals surface area (Å²) in [7, 11) is 0. The molecule has 0 aliphatic heterocycles. The number of carbonyl (C=O) groups excluding carboxylic acids is 1. The van der Waals surface area contributed by atoms with Crippen LogP contribution in [0.15, 0.2) is 78.7 Å². The summed E-state index contributed by atoms with van der Waals surface area (Å²) in [6, 6.07) is 19.4. The van der Waals surface area contributed by atoms with Crippen molar-refractivity contribution in [3.05, 3.63) is 84.4 Å². The molecule has 2 aromatic carbocycles. The molecule has 0 aliphatic rings. The first-order valence-electron chi connectivity index (χ1n) is 7.28. The Morgan fingerprint density at radius 3 is 2.39 bits per heavy atom. The fourth-order valence-electron chi connectivity index (χ4n) is 2.27. The maximum atomic E-state index is 12.8. The monoisotopic (exact) mass is 320 g/mol. The van der Waals surface area contributed by atoms with E-state index in [4.69, 9.17) is 0 Å². The summed E-state index contributed by atoms with van der Waals surface area (Å²) in [5, 5.41) is 2.66. The van der Waals surface area contributed by atoms with Crippen molar-refractivity contribution in [3.63, 3.8) is 0 Å². The molecule has 4 heteroatoms. The summed E-state index contributed by atoms with van der Waals surface area (Å²) in [6.45, 7) is 4.19. The third-order valence-corrected chi connectivity index (χ3v) is 4.26. The Bertz CT molecular complexity index is 797. The number of benzene rings is 2. The number of carbonyl (C=O) groups is 1. The maximum Gasteiger partial charge on any atom is 0.278 e. The summed E-state index contributed by atoms with van der Waals surface area (Å²) >= 11 is 1.48. The maximum absolute atomic E-state index is 12.8. The van der Waals surface area contributed by atoms with Crippen molar-refractivity contribution >= 4 is 22.9 Å². The molecule has 0 radical (unpaired) electrons. The zero-order chi connectivity index (χ0) is 16.1. The molecule has 23 heavy (non-hydrogen) atoms. The van der Waals surface area contributed by atoms with Gasteiger partial charge in [-0.15, -0.1) is 17.9 Å². The molecule has 1 heterocycles. The number of aromatic nitrogens is 1. The quantitative estimate of drug-likeness (QED) is 0.641. The summed E-state index contributed by atoms with van der Waals surface area (Å²) < 4.78 is 0. The van der Waals surface area contributed by atoms with Gasteiger partial charge in [-0.1, -0.05) is 54.6 Å². The number of hydrogen-bond donors (Lipinski definition) is 0. The van der Waals surface area contributed by atoms with Gasteiger partial charge in [0.05, 0.1) is 0 Å². The molecule has 0 unspecified atom stereocenters. The van der Waals surface area contributed by atoms with Crippen molar-refractivity contribution in [1.82, 2.24) is 4.98 Å². The number of nitrogens with zero attached hydrogens (tertiary/aromatic N) is 2. The van der Waals surface area contributed by atoms with E-state index in [0.29, 0.717) is 12.2 Å². The Hall–Kier alpha value is -2.72. The Morgan fingerprint density at radius 2 is 1.74 bits per heavy atom. The highest BCUT2D eigenvalue weighted by Crippen LogP contribution is 2.25. The van der Waals surface area contributed by atoms with Crippen molar-refractivity contribution < 1.29 is 4.79 Å². The van der Waals surface area contributed by atoms with Gasteiger partial charge in [0, 0.05) is 23.2 Å². The van der Waals surface area contributed by atoms with Gasteiger partial charge in [0.25, 0.3) is 5.91 Å². The molecule has 0 N–H and O–H groups in total. The Labute approximate surface area is 139 Å². The molecule has 0 saturated carbocycles. The molecule has 0 saturated heterocycles. The van der Waals surface area contributed by atoms with E-state index in [1.165, 1.54) is 11.3 Å². The number of hydrogen-bond acceptors (Lipinski definition) is 3. The molecule has 114 valence electrons. The Kier molecular flexibility index (Phi) is 4.64. The highest BCUT2D eigenvalue weighted by atomic mass is 32.1. The van der Waals surface area contributed by atoms with Crippen LogP contribution in [0.25, 0.3) is 10.6 Å². The second kappa shape index (κ2) is 7.03. The summed E-state index contributed by atoms with van der Waals surface area (Å²) in [5.41, 5.74) is 2.32. The van der Waals surface area contributed by atoms with E-state index in [1.54, 1.807) is 11.0 Å². The highest BCUT2D eigenvalue weighted by molar-refractivity contribution is 7.13. The lowest BCUT2D eigenvalue weighted by molar-refractivity contribution is 0.0985. The van der Waals surface area contributed by atoms with Gasteiger partial charge in [-0.25, -0.2) is 4.98 Å². The average Bonchev–Trinajstić information content (AvgIpc) is 3.11. The predicted molar refractivity (Wildman–Crippen MR) is 95.9 cm³/mol. The van der Waals surface area contributed by atoms with Crippen LogP contribution in [0.1, 0.15) is 10.5 Å². The minimum atomic E-state index is -0.116. The molecule has 0 bridgehead atoms. The number of amides is 1. The molecule has 3 rings (SSSR count). The second-order valence-electron chi connectivity index (χ2n) is 4.94. The van der Waals surface area contributed by atoms with E-state index >= 15 is 0 Å². The van der Waals surface area contributed by atoms with Crippen molar-refractivity contribution in [1.29, 1.82) is 0 Å². The molecule has 1 amide bonds. The van der Waals surface area contributed by atoms with Crippen LogP contribution < -0.4 is 4.90 Å². The SMILES string of the molecule is C=CCN(C(=O)c1csc(-c2ccccc2)n1)c1ccccc1. The van der Waals surface area contributed by atoms with Crippen LogP contribution in [-0.2, 0) is 0 Å². The lowest BCUT2D eigenvalue weighted by Gasteiger charge is -2.20. The van der Waals surface area contributed by atoms with Crippen LogP contribution in [0.3, 0.4) is 0 Å². The first kappa shape index (κ1) is 15.2. The molecule has 3 aromatic rings. The molecule has 0 atom stereocenters. The molecule has 3 nitrogen and oxygen atoms in total. The predicted octanol–water partition coefficient (Wildman–Crippen LogP) is 4.64. The zero-order valence-corrected chi connectivity index (χ0v) is 13.4. The van der Waals surface area contributed by atoms with Gasteiger partial charge in [0.15, 0.2) is 0 Å². The van der Waals surface area contributed by atoms with Crippen molar-refractivity contribution in [3.8, 4) is 10.6 Å². The number of rotatable bonds is 5. The lowest BCUT2D eigenvalue weighted by atomic mass is 10.2. The minimum absolute atomic E-state index is 0.116. The van der Waals surface area contributed by atoms with Crippen molar-refractivity contribution in [2.24, 2.45) is 0 Å². The molecule has 0 aliphatic carbocycles. The van der Waals surface area contributed by atoms with E-state index < -0.39 is 0 Å². The van der Waals surface area contributed by atoms with E-state index in [2.05, 4.69) is 11.6 Å². The largest absolute Gasteiger partial charge is 0.303 e. The van der Waals surface area contributed by atoms with Crippen LogP contribution in [-0.4, -0.2) is 17.4 Å². The first-order valence-corrected chi connectivity index (χ1v) is 8.16. The second-order valence-corrected chi connectivity index (χ2v) is 5.80. The van der Waals surface area contributed by atoms with E-state index in [0.717, 1.165) is 16.3 Å². The van der Waals surface area contributed by atoms with Gasteiger partial charge >= 0.3 is 0 Å². The topological polar surface area (TPSA) is 33.2 Å².